The standard InChI is InChI=1S/C19H26ClN5O/c1-15(12-24-9-5-6-10-24)11-23(2)19(26)18-14-25(22-21-18)13-16-7-3-4-8-17(16)20/h3-4,7-8,14-15H,5-6,9-13H2,1-2H3. The Balaban J connectivity index is 1.55. The predicted octanol–water partition coefficient (Wildman–Crippen LogP) is 2.78. The normalized spacial score (nSPS) is 16.0. The van der Waals surface area contributed by atoms with E-state index in [1.54, 1.807) is 15.8 Å². The van der Waals surface area contributed by atoms with Crippen molar-refractivity contribution < 1.29 is 4.79 Å². The zero-order valence-electron chi connectivity index (χ0n) is 15.4. The third-order valence-corrected chi connectivity index (χ3v) is 5.12. The molecule has 0 radical (unpaired) electrons. The highest BCUT2D eigenvalue weighted by Gasteiger charge is 2.20. The molecule has 3 rings (SSSR count). The summed E-state index contributed by atoms with van der Waals surface area (Å²) in [6, 6.07) is 7.60. The Morgan fingerprint density at radius 1 is 1.31 bits per heavy atom. The summed E-state index contributed by atoms with van der Waals surface area (Å²) < 4.78 is 1.65. The van der Waals surface area contributed by atoms with Crippen LogP contribution in [0, 0.1) is 5.92 Å². The van der Waals surface area contributed by atoms with E-state index in [1.807, 2.05) is 31.3 Å². The van der Waals surface area contributed by atoms with Crippen molar-refractivity contribution in [1.29, 1.82) is 0 Å². The third kappa shape index (κ3) is 4.83. The lowest BCUT2D eigenvalue weighted by Crippen LogP contribution is -2.36. The number of rotatable bonds is 7. The minimum absolute atomic E-state index is 0.0938. The molecule has 0 spiro atoms. The van der Waals surface area contributed by atoms with Crippen LogP contribution in [-0.2, 0) is 6.54 Å². The van der Waals surface area contributed by atoms with Gasteiger partial charge >= 0.3 is 0 Å². The van der Waals surface area contributed by atoms with Gasteiger partial charge in [-0.2, -0.15) is 0 Å². The zero-order chi connectivity index (χ0) is 18.5. The molecule has 1 atom stereocenters. The van der Waals surface area contributed by atoms with E-state index in [0.29, 0.717) is 29.7 Å². The van der Waals surface area contributed by atoms with Gasteiger partial charge in [-0.15, -0.1) is 5.10 Å². The van der Waals surface area contributed by atoms with Gasteiger partial charge in [0.05, 0.1) is 12.7 Å². The summed E-state index contributed by atoms with van der Waals surface area (Å²) in [5.74, 6) is 0.337. The van der Waals surface area contributed by atoms with Gasteiger partial charge in [0, 0.05) is 25.2 Å². The second kappa shape index (κ2) is 8.64. The van der Waals surface area contributed by atoms with E-state index in [0.717, 1.165) is 12.1 Å². The molecule has 0 aliphatic carbocycles. The molecule has 7 heteroatoms. The van der Waals surface area contributed by atoms with E-state index in [9.17, 15) is 4.79 Å². The highest BCUT2D eigenvalue weighted by molar-refractivity contribution is 6.31. The maximum Gasteiger partial charge on any atom is 0.275 e. The molecule has 2 aromatic rings. The van der Waals surface area contributed by atoms with Gasteiger partial charge in [-0.1, -0.05) is 41.9 Å². The topological polar surface area (TPSA) is 54.3 Å². The number of halogens is 1. The molecule has 6 nitrogen and oxygen atoms in total. The highest BCUT2D eigenvalue weighted by Crippen LogP contribution is 2.16. The minimum atomic E-state index is -0.0938. The average Bonchev–Trinajstić information content (AvgIpc) is 3.28. The average molecular weight is 376 g/mol. The zero-order valence-corrected chi connectivity index (χ0v) is 16.2. The number of benzene rings is 1. The van der Waals surface area contributed by atoms with E-state index in [1.165, 1.54) is 25.9 Å². The summed E-state index contributed by atoms with van der Waals surface area (Å²) in [5, 5.41) is 8.80. The van der Waals surface area contributed by atoms with Gasteiger partial charge in [-0.3, -0.25) is 4.79 Å². The maximum atomic E-state index is 12.6. The monoisotopic (exact) mass is 375 g/mol. The number of carbonyl (C=O) groups is 1. The van der Waals surface area contributed by atoms with Gasteiger partial charge in [0.15, 0.2) is 5.69 Å². The first-order valence-electron chi connectivity index (χ1n) is 9.14. The Bertz CT molecular complexity index is 741. The number of hydrogen-bond donors (Lipinski definition) is 0. The van der Waals surface area contributed by atoms with Crippen molar-refractivity contribution in [3.05, 3.63) is 46.7 Å². The van der Waals surface area contributed by atoms with Crippen LogP contribution in [0.1, 0.15) is 35.8 Å². The first kappa shape index (κ1) is 18.9. The van der Waals surface area contributed by atoms with Gasteiger partial charge in [-0.05, 0) is 43.5 Å². The molecule has 0 N–H and O–H groups in total. The summed E-state index contributed by atoms with van der Waals surface area (Å²) >= 11 is 6.18. The lowest BCUT2D eigenvalue weighted by atomic mass is 10.1. The first-order valence-corrected chi connectivity index (χ1v) is 9.52. The van der Waals surface area contributed by atoms with E-state index in [2.05, 4.69) is 22.1 Å². The van der Waals surface area contributed by atoms with Crippen molar-refractivity contribution in [3.8, 4) is 0 Å². The van der Waals surface area contributed by atoms with Crippen molar-refractivity contribution in [3.63, 3.8) is 0 Å². The maximum absolute atomic E-state index is 12.6. The Hall–Kier alpha value is -1.92. The fraction of sp³-hybridized carbons (Fsp3) is 0.526. The van der Waals surface area contributed by atoms with Crippen LogP contribution in [0.5, 0.6) is 0 Å². The van der Waals surface area contributed by atoms with E-state index in [4.69, 9.17) is 11.6 Å². The second-order valence-corrected chi connectivity index (χ2v) is 7.60. The predicted molar refractivity (Wildman–Crippen MR) is 102 cm³/mol. The summed E-state index contributed by atoms with van der Waals surface area (Å²) in [5.41, 5.74) is 1.32. The molecule has 1 amide bonds. The van der Waals surface area contributed by atoms with Crippen molar-refractivity contribution in [1.82, 2.24) is 24.8 Å². The molecule has 1 aromatic carbocycles. The Labute approximate surface area is 159 Å². The Morgan fingerprint density at radius 2 is 2.04 bits per heavy atom. The van der Waals surface area contributed by atoms with Crippen LogP contribution in [0.4, 0.5) is 0 Å². The molecule has 1 unspecified atom stereocenters. The molecule has 1 aliphatic heterocycles. The molecule has 0 saturated carbocycles. The summed E-state index contributed by atoms with van der Waals surface area (Å²) in [7, 11) is 1.83. The highest BCUT2D eigenvalue weighted by atomic mass is 35.5. The molecule has 1 fully saturated rings. The SMILES string of the molecule is CC(CN1CCCC1)CN(C)C(=O)c1cn(Cc2ccccc2Cl)nn1. The van der Waals surface area contributed by atoms with Crippen molar-refractivity contribution in [2.45, 2.75) is 26.3 Å². The van der Waals surface area contributed by atoms with Gasteiger partial charge < -0.3 is 9.80 Å². The molecule has 1 saturated heterocycles. The molecule has 26 heavy (non-hydrogen) atoms. The van der Waals surface area contributed by atoms with Crippen molar-refractivity contribution in [2.75, 3.05) is 33.2 Å². The van der Waals surface area contributed by atoms with Crippen molar-refractivity contribution >= 4 is 17.5 Å². The Kier molecular flexibility index (Phi) is 6.27. The van der Waals surface area contributed by atoms with E-state index >= 15 is 0 Å². The number of carbonyl (C=O) groups excluding carboxylic acids is 1. The largest absolute Gasteiger partial charge is 0.340 e. The van der Waals surface area contributed by atoms with Gasteiger partial charge in [0.25, 0.3) is 5.91 Å². The van der Waals surface area contributed by atoms with E-state index in [-0.39, 0.29) is 5.91 Å². The fourth-order valence-corrected chi connectivity index (χ4v) is 3.68. The van der Waals surface area contributed by atoms with Crippen LogP contribution in [0.3, 0.4) is 0 Å². The van der Waals surface area contributed by atoms with E-state index < -0.39 is 0 Å². The third-order valence-electron chi connectivity index (χ3n) is 4.75. The minimum Gasteiger partial charge on any atom is -0.340 e. The molecule has 0 bridgehead atoms. The van der Waals surface area contributed by atoms with Gasteiger partial charge in [0.2, 0.25) is 0 Å². The summed E-state index contributed by atoms with van der Waals surface area (Å²) in [6.45, 7) is 6.80. The Morgan fingerprint density at radius 3 is 2.77 bits per heavy atom. The smallest absolute Gasteiger partial charge is 0.275 e. The lowest BCUT2D eigenvalue weighted by molar-refractivity contribution is 0.0760. The fourth-order valence-electron chi connectivity index (χ4n) is 3.48. The van der Waals surface area contributed by atoms with Crippen LogP contribution in [0.2, 0.25) is 5.02 Å². The lowest BCUT2D eigenvalue weighted by Gasteiger charge is -2.24. The molecule has 2 heterocycles. The first-order chi connectivity index (χ1) is 12.5. The van der Waals surface area contributed by atoms with Crippen LogP contribution in [-0.4, -0.2) is 63.9 Å². The summed E-state index contributed by atoms with van der Waals surface area (Å²) in [4.78, 5) is 16.8. The van der Waals surface area contributed by atoms with Crippen LogP contribution in [0.15, 0.2) is 30.5 Å². The molecule has 1 aliphatic rings. The van der Waals surface area contributed by atoms with Crippen molar-refractivity contribution in [2.24, 2.45) is 5.92 Å². The van der Waals surface area contributed by atoms with Crippen LogP contribution >= 0.6 is 11.6 Å². The van der Waals surface area contributed by atoms with Crippen LogP contribution in [0.25, 0.3) is 0 Å². The molecular weight excluding hydrogens is 350 g/mol. The second-order valence-electron chi connectivity index (χ2n) is 7.19. The summed E-state index contributed by atoms with van der Waals surface area (Å²) in [6.07, 6.45) is 4.26. The number of aromatic nitrogens is 3. The number of nitrogens with zero attached hydrogens (tertiary/aromatic N) is 5. The number of likely N-dealkylation sites (tertiary alicyclic amines) is 1. The van der Waals surface area contributed by atoms with Crippen LogP contribution < -0.4 is 0 Å². The van der Waals surface area contributed by atoms with Gasteiger partial charge in [0.1, 0.15) is 0 Å². The number of hydrogen-bond acceptors (Lipinski definition) is 4. The molecule has 1 aromatic heterocycles. The molecular formula is C19H26ClN5O. The number of amides is 1. The van der Waals surface area contributed by atoms with Gasteiger partial charge in [-0.25, -0.2) is 4.68 Å². The quantitative estimate of drug-likeness (QED) is 0.746. The molecule has 140 valence electrons.